The highest BCUT2D eigenvalue weighted by molar-refractivity contribution is 5.68. The second kappa shape index (κ2) is 4.77. The van der Waals surface area contributed by atoms with Crippen LogP contribution < -0.4 is 9.47 Å². The van der Waals surface area contributed by atoms with Crippen molar-refractivity contribution in [1.82, 2.24) is 9.38 Å². The maximum absolute atomic E-state index is 9.79. The summed E-state index contributed by atoms with van der Waals surface area (Å²) in [5, 5.41) is 9.79. The third-order valence-electron chi connectivity index (χ3n) is 3.14. The first-order chi connectivity index (χ1) is 9.72. The molecule has 2 heterocycles. The highest BCUT2D eigenvalue weighted by atomic mass is 16.5. The molecule has 0 amide bonds. The zero-order chi connectivity index (χ0) is 14.1. The van der Waals surface area contributed by atoms with Crippen molar-refractivity contribution in [3.05, 3.63) is 42.7 Å². The van der Waals surface area contributed by atoms with Gasteiger partial charge >= 0.3 is 0 Å². The zero-order valence-electron chi connectivity index (χ0n) is 11.2. The molecule has 0 saturated carbocycles. The van der Waals surface area contributed by atoms with E-state index >= 15 is 0 Å². The minimum atomic E-state index is 0.152. The summed E-state index contributed by atoms with van der Waals surface area (Å²) in [7, 11) is 3.19. The molecule has 0 spiro atoms. The van der Waals surface area contributed by atoms with Crippen molar-refractivity contribution in [3.8, 4) is 28.5 Å². The summed E-state index contributed by atoms with van der Waals surface area (Å²) in [6.07, 6.45) is 3.70. The van der Waals surface area contributed by atoms with Crippen molar-refractivity contribution in [2.24, 2.45) is 0 Å². The second-order valence-corrected chi connectivity index (χ2v) is 4.32. The number of benzene rings is 1. The number of hydrogen-bond donors (Lipinski definition) is 1. The normalized spacial score (nSPS) is 10.7. The molecule has 3 aromatic rings. The second-order valence-electron chi connectivity index (χ2n) is 4.32. The van der Waals surface area contributed by atoms with Crippen molar-refractivity contribution >= 4 is 5.65 Å². The van der Waals surface area contributed by atoms with Crippen LogP contribution in [0.2, 0.25) is 0 Å². The van der Waals surface area contributed by atoms with Gasteiger partial charge in [0.15, 0.2) is 22.9 Å². The molecule has 0 aliphatic carbocycles. The van der Waals surface area contributed by atoms with Gasteiger partial charge in [0, 0.05) is 18.0 Å². The molecule has 0 radical (unpaired) electrons. The summed E-state index contributed by atoms with van der Waals surface area (Å²) in [6.45, 7) is 0. The Hall–Kier alpha value is -2.69. The van der Waals surface area contributed by atoms with Crippen molar-refractivity contribution in [3.63, 3.8) is 0 Å². The molecule has 0 bridgehead atoms. The predicted molar refractivity (Wildman–Crippen MR) is 75.4 cm³/mol. The number of ether oxygens (including phenoxy) is 2. The van der Waals surface area contributed by atoms with Crippen LogP contribution in [0.25, 0.3) is 16.9 Å². The highest BCUT2D eigenvalue weighted by Crippen LogP contribution is 2.32. The largest absolute Gasteiger partial charge is 0.504 e. The summed E-state index contributed by atoms with van der Waals surface area (Å²) < 4.78 is 12.3. The molecule has 1 N–H and O–H groups in total. The fraction of sp³-hybridized carbons (Fsp3) is 0.133. The molecule has 5 heteroatoms. The molecule has 5 nitrogen and oxygen atoms in total. The maximum Gasteiger partial charge on any atom is 0.180 e. The SMILES string of the molecule is COc1ccc(-c2cn3cccc(O)c3n2)cc1OC. The van der Waals surface area contributed by atoms with Crippen molar-refractivity contribution in [2.45, 2.75) is 0 Å². The van der Waals surface area contributed by atoms with Gasteiger partial charge in [0.2, 0.25) is 0 Å². The van der Waals surface area contributed by atoms with E-state index in [2.05, 4.69) is 4.98 Å². The number of methoxy groups -OCH3 is 2. The van der Waals surface area contributed by atoms with Gasteiger partial charge in [-0.3, -0.25) is 0 Å². The molecule has 0 saturated heterocycles. The molecule has 3 rings (SSSR count). The van der Waals surface area contributed by atoms with E-state index in [1.54, 1.807) is 30.8 Å². The van der Waals surface area contributed by atoms with Gasteiger partial charge < -0.3 is 19.0 Å². The van der Waals surface area contributed by atoms with Gasteiger partial charge in [-0.15, -0.1) is 0 Å². The highest BCUT2D eigenvalue weighted by Gasteiger charge is 2.10. The van der Waals surface area contributed by atoms with Crippen LogP contribution in [0.15, 0.2) is 42.7 Å². The Kier molecular flexibility index (Phi) is 2.95. The lowest BCUT2D eigenvalue weighted by Gasteiger charge is -2.08. The molecule has 20 heavy (non-hydrogen) atoms. The number of fused-ring (bicyclic) bond motifs is 1. The van der Waals surface area contributed by atoms with Crippen LogP contribution in [0.3, 0.4) is 0 Å². The van der Waals surface area contributed by atoms with E-state index in [-0.39, 0.29) is 5.75 Å². The Morgan fingerprint density at radius 2 is 1.90 bits per heavy atom. The summed E-state index contributed by atoms with van der Waals surface area (Å²) in [5.74, 6) is 1.47. The van der Waals surface area contributed by atoms with E-state index in [1.807, 2.05) is 30.6 Å². The summed E-state index contributed by atoms with van der Waals surface area (Å²) >= 11 is 0. The first-order valence-electron chi connectivity index (χ1n) is 6.12. The number of aromatic hydroxyl groups is 1. The maximum atomic E-state index is 9.79. The Morgan fingerprint density at radius 1 is 1.10 bits per heavy atom. The van der Waals surface area contributed by atoms with Gasteiger partial charge in [0.1, 0.15) is 0 Å². The van der Waals surface area contributed by atoms with Gasteiger partial charge in [-0.25, -0.2) is 4.98 Å². The van der Waals surface area contributed by atoms with Gasteiger partial charge in [0.25, 0.3) is 0 Å². The van der Waals surface area contributed by atoms with Crippen molar-refractivity contribution in [1.29, 1.82) is 0 Å². The van der Waals surface area contributed by atoms with Crippen LogP contribution in [-0.2, 0) is 0 Å². The number of aromatic nitrogens is 2. The Balaban J connectivity index is 2.13. The van der Waals surface area contributed by atoms with Crippen molar-refractivity contribution in [2.75, 3.05) is 14.2 Å². The number of nitrogens with zero attached hydrogens (tertiary/aromatic N) is 2. The minimum Gasteiger partial charge on any atom is -0.504 e. The van der Waals surface area contributed by atoms with E-state index in [0.717, 1.165) is 11.3 Å². The molecule has 0 unspecified atom stereocenters. The third kappa shape index (κ3) is 1.93. The Bertz CT molecular complexity index is 765. The molecule has 0 atom stereocenters. The number of hydrogen-bond acceptors (Lipinski definition) is 4. The fourth-order valence-electron chi connectivity index (χ4n) is 2.13. The van der Waals surface area contributed by atoms with Gasteiger partial charge in [-0.2, -0.15) is 0 Å². The predicted octanol–water partition coefficient (Wildman–Crippen LogP) is 2.72. The van der Waals surface area contributed by atoms with E-state index in [9.17, 15) is 5.11 Å². The Morgan fingerprint density at radius 3 is 2.60 bits per heavy atom. The van der Waals surface area contributed by atoms with Crippen LogP contribution >= 0.6 is 0 Å². The summed E-state index contributed by atoms with van der Waals surface area (Å²) in [6, 6.07) is 8.97. The molecule has 2 aromatic heterocycles. The van der Waals surface area contributed by atoms with Gasteiger partial charge in [-0.05, 0) is 30.3 Å². The van der Waals surface area contributed by atoms with Crippen LogP contribution in [0.4, 0.5) is 0 Å². The Labute approximate surface area is 116 Å². The van der Waals surface area contributed by atoms with Crippen LogP contribution in [-0.4, -0.2) is 28.7 Å². The van der Waals surface area contributed by atoms with Crippen LogP contribution in [0.5, 0.6) is 17.2 Å². The van der Waals surface area contributed by atoms with Gasteiger partial charge in [0.05, 0.1) is 19.9 Å². The summed E-state index contributed by atoms with van der Waals surface area (Å²) in [5.41, 5.74) is 2.18. The average Bonchev–Trinajstić information content (AvgIpc) is 2.92. The lowest BCUT2D eigenvalue weighted by atomic mass is 10.1. The third-order valence-corrected chi connectivity index (χ3v) is 3.14. The fourth-order valence-corrected chi connectivity index (χ4v) is 2.13. The lowest BCUT2D eigenvalue weighted by Crippen LogP contribution is -1.90. The van der Waals surface area contributed by atoms with E-state index < -0.39 is 0 Å². The smallest absolute Gasteiger partial charge is 0.180 e. The first-order valence-corrected chi connectivity index (χ1v) is 6.12. The number of rotatable bonds is 3. The number of pyridine rings is 1. The number of imidazole rings is 1. The molecule has 0 fully saturated rings. The first kappa shape index (κ1) is 12.3. The zero-order valence-corrected chi connectivity index (χ0v) is 11.2. The van der Waals surface area contributed by atoms with Gasteiger partial charge in [-0.1, -0.05) is 0 Å². The van der Waals surface area contributed by atoms with E-state index in [4.69, 9.17) is 9.47 Å². The quantitative estimate of drug-likeness (QED) is 0.795. The molecular weight excluding hydrogens is 256 g/mol. The standard InChI is InChI=1S/C15H14N2O3/c1-19-13-6-5-10(8-14(13)20-2)11-9-17-7-3-4-12(18)15(17)16-11/h3-9,18H,1-2H3. The molecule has 102 valence electrons. The van der Waals surface area contributed by atoms with Crippen LogP contribution in [0, 0.1) is 0 Å². The monoisotopic (exact) mass is 270 g/mol. The average molecular weight is 270 g/mol. The topological polar surface area (TPSA) is 56.0 Å². The minimum absolute atomic E-state index is 0.152. The lowest BCUT2D eigenvalue weighted by molar-refractivity contribution is 0.355. The van der Waals surface area contributed by atoms with Crippen LogP contribution in [0.1, 0.15) is 0 Å². The van der Waals surface area contributed by atoms with E-state index in [0.29, 0.717) is 17.1 Å². The van der Waals surface area contributed by atoms with E-state index in [1.165, 1.54) is 0 Å². The molecule has 0 aliphatic rings. The molecule has 1 aromatic carbocycles. The summed E-state index contributed by atoms with van der Waals surface area (Å²) in [4.78, 5) is 4.43. The molecule has 0 aliphatic heterocycles. The van der Waals surface area contributed by atoms with Crippen molar-refractivity contribution < 1.29 is 14.6 Å². The molecular formula is C15H14N2O3.